The SMILES string of the molecule is CC1CCN(Cc2ccc3nc(C4CCOCC4)ccc3c2)C1. The zero-order valence-corrected chi connectivity index (χ0v) is 14.0. The van der Waals surface area contributed by atoms with Gasteiger partial charge in [-0.3, -0.25) is 9.88 Å². The van der Waals surface area contributed by atoms with Crippen LogP contribution in [0.1, 0.15) is 43.4 Å². The molecule has 1 atom stereocenters. The molecule has 0 aliphatic carbocycles. The van der Waals surface area contributed by atoms with Crippen molar-refractivity contribution in [1.29, 1.82) is 0 Å². The van der Waals surface area contributed by atoms with E-state index in [0.29, 0.717) is 5.92 Å². The predicted molar refractivity (Wildman–Crippen MR) is 93.6 cm³/mol. The van der Waals surface area contributed by atoms with Gasteiger partial charge >= 0.3 is 0 Å². The van der Waals surface area contributed by atoms with Gasteiger partial charge in [-0.1, -0.05) is 19.1 Å². The van der Waals surface area contributed by atoms with Gasteiger partial charge in [-0.25, -0.2) is 0 Å². The Morgan fingerprint density at radius 2 is 2.00 bits per heavy atom. The van der Waals surface area contributed by atoms with E-state index in [2.05, 4.69) is 42.2 Å². The Hall–Kier alpha value is -1.45. The zero-order valence-electron chi connectivity index (χ0n) is 14.0. The van der Waals surface area contributed by atoms with Crippen LogP contribution in [0.15, 0.2) is 30.3 Å². The van der Waals surface area contributed by atoms with Crippen molar-refractivity contribution >= 4 is 10.9 Å². The maximum absolute atomic E-state index is 5.46. The number of benzene rings is 1. The number of nitrogens with zero attached hydrogens (tertiary/aromatic N) is 2. The van der Waals surface area contributed by atoms with Crippen LogP contribution < -0.4 is 0 Å². The summed E-state index contributed by atoms with van der Waals surface area (Å²) in [4.78, 5) is 7.48. The van der Waals surface area contributed by atoms with Crippen molar-refractivity contribution in [3.05, 3.63) is 41.6 Å². The number of likely N-dealkylation sites (tertiary alicyclic amines) is 1. The van der Waals surface area contributed by atoms with Crippen LogP contribution in [0.25, 0.3) is 10.9 Å². The summed E-state index contributed by atoms with van der Waals surface area (Å²) in [6.45, 7) is 7.64. The van der Waals surface area contributed by atoms with E-state index >= 15 is 0 Å². The number of ether oxygens (including phenoxy) is 1. The van der Waals surface area contributed by atoms with E-state index in [1.54, 1.807) is 0 Å². The van der Waals surface area contributed by atoms with Crippen LogP contribution in [0, 0.1) is 5.92 Å². The molecule has 122 valence electrons. The van der Waals surface area contributed by atoms with Crippen LogP contribution in [-0.2, 0) is 11.3 Å². The van der Waals surface area contributed by atoms with E-state index in [-0.39, 0.29) is 0 Å². The van der Waals surface area contributed by atoms with Gasteiger partial charge in [-0.2, -0.15) is 0 Å². The van der Waals surface area contributed by atoms with Crippen LogP contribution in [0.5, 0.6) is 0 Å². The number of hydrogen-bond acceptors (Lipinski definition) is 3. The van der Waals surface area contributed by atoms with Gasteiger partial charge in [0.2, 0.25) is 0 Å². The molecule has 0 amide bonds. The first-order valence-corrected chi connectivity index (χ1v) is 8.97. The van der Waals surface area contributed by atoms with Gasteiger partial charge in [0, 0.05) is 43.3 Å². The molecule has 0 N–H and O–H groups in total. The number of aromatic nitrogens is 1. The fraction of sp³-hybridized carbons (Fsp3) is 0.550. The molecule has 3 nitrogen and oxygen atoms in total. The standard InChI is InChI=1S/C20H26N2O/c1-15-6-9-22(13-15)14-16-2-4-20-18(12-16)3-5-19(21-20)17-7-10-23-11-8-17/h2-5,12,15,17H,6-11,13-14H2,1H3. The predicted octanol–water partition coefficient (Wildman–Crippen LogP) is 3.97. The van der Waals surface area contributed by atoms with Gasteiger partial charge in [0.25, 0.3) is 0 Å². The topological polar surface area (TPSA) is 25.4 Å². The first-order chi connectivity index (χ1) is 11.3. The van der Waals surface area contributed by atoms with E-state index in [1.165, 1.54) is 36.2 Å². The van der Waals surface area contributed by atoms with Crippen molar-refractivity contribution < 1.29 is 4.74 Å². The van der Waals surface area contributed by atoms with Crippen molar-refractivity contribution in [3.8, 4) is 0 Å². The number of pyridine rings is 1. The zero-order chi connectivity index (χ0) is 15.6. The van der Waals surface area contributed by atoms with E-state index in [9.17, 15) is 0 Å². The Kier molecular flexibility index (Phi) is 4.32. The lowest BCUT2D eigenvalue weighted by molar-refractivity contribution is 0.0846. The summed E-state index contributed by atoms with van der Waals surface area (Å²) in [6, 6.07) is 11.3. The number of rotatable bonds is 3. The highest BCUT2D eigenvalue weighted by atomic mass is 16.5. The van der Waals surface area contributed by atoms with E-state index in [0.717, 1.165) is 44.0 Å². The van der Waals surface area contributed by atoms with Crippen molar-refractivity contribution in [2.24, 2.45) is 5.92 Å². The second kappa shape index (κ2) is 6.58. The Balaban J connectivity index is 1.52. The Bertz CT molecular complexity index is 678. The van der Waals surface area contributed by atoms with Gasteiger partial charge in [0.1, 0.15) is 0 Å². The van der Waals surface area contributed by atoms with Crippen LogP contribution in [-0.4, -0.2) is 36.2 Å². The fourth-order valence-corrected chi connectivity index (χ4v) is 3.94. The third-order valence-corrected chi connectivity index (χ3v) is 5.33. The van der Waals surface area contributed by atoms with Crippen LogP contribution in [0.2, 0.25) is 0 Å². The molecule has 3 heterocycles. The first-order valence-electron chi connectivity index (χ1n) is 8.97. The lowest BCUT2D eigenvalue weighted by Crippen LogP contribution is -2.19. The molecule has 23 heavy (non-hydrogen) atoms. The minimum Gasteiger partial charge on any atom is -0.381 e. The van der Waals surface area contributed by atoms with Crippen molar-refractivity contribution in [2.45, 2.75) is 38.6 Å². The highest BCUT2D eigenvalue weighted by Gasteiger charge is 2.19. The molecular formula is C20H26N2O. The molecular weight excluding hydrogens is 284 g/mol. The molecule has 2 fully saturated rings. The molecule has 1 aromatic heterocycles. The van der Waals surface area contributed by atoms with Gasteiger partial charge < -0.3 is 4.74 Å². The van der Waals surface area contributed by atoms with Crippen LogP contribution in [0.3, 0.4) is 0 Å². The summed E-state index contributed by atoms with van der Waals surface area (Å²) < 4.78 is 5.46. The lowest BCUT2D eigenvalue weighted by atomic mass is 9.95. The first kappa shape index (κ1) is 15.1. The Morgan fingerprint density at radius 1 is 1.13 bits per heavy atom. The normalized spacial score (nSPS) is 23.6. The molecule has 2 saturated heterocycles. The van der Waals surface area contributed by atoms with E-state index < -0.39 is 0 Å². The van der Waals surface area contributed by atoms with Gasteiger partial charge in [0.15, 0.2) is 0 Å². The maximum atomic E-state index is 5.46. The van der Waals surface area contributed by atoms with E-state index in [1.807, 2.05) is 0 Å². The van der Waals surface area contributed by atoms with Crippen molar-refractivity contribution in [1.82, 2.24) is 9.88 Å². The molecule has 1 aromatic carbocycles. The molecule has 0 bridgehead atoms. The largest absolute Gasteiger partial charge is 0.381 e. The van der Waals surface area contributed by atoms with Gasteiger partial charge in [0.05, 0.1) is 5.52 Å². The second-order valence-corrected chi connectivity index (χ2v) is 7.28. The summed E-state index contributed by atoms with van der Waals surface area (Å²) in [5, 5.41) is 1.27. The quantitative estimate of drug-likeness (QED) is 0.857. The summed E-state index contributed by atoms with van der Waals surface area (Å²) in [5.41, 5.74) is 3.78. The smallest absolute Gasteiger partial charge is 0.0705 e. The molecule has 2 aliphatic heterocycles. The summed E-state index contributed by atoms with van der Waals surface area (Å²) in [7, 11) is 0. The van der Waals surface area contributed by atoms with Crippen LogP contribution in [0.4, 0.5) is 0 Å². The van der Waals surface area contributed by atoms with Crippen molar-refractivity contribution in [2.75, 3.05) is 26.3 Å². The summed E-state index contributed by atoms with van der Waals surface area (Å²) >= 11 is 0. The molecule has 0 saturated carbocycles. The second-order valence-electron chi connectivity index (χ2n) is 7.28. The molecule has 4 rings (SSSR count). The fourth-order valence-electron chi connectivity index (χ4n) is 3.94. The van der Waals surface area contributed by atoms with Crippen LogP contribution >= 0.6 is 0 Å². The Labute approximate surface area is 138 Å². The molecule has 3 heteroatoms. The number of fused-ring (bicyclic) bond motifs is 1. The van der Waals surface area contributed by atoms with Crippen molar-refractivity contribution in [3.63, 3.8) is 0 Å². The minimum atomic E-state index is 0.568. The third kappa shape index (κ3) is 3.41. The average Bonchev–Trinajstić information content (AvgIpc) is 3.00. The highest BCUT2D eigenvalue weighted by molar-refractivity contribution is 5.79. The third-order valence-electron chi connectivity index (χ3n) is 5.33. The molecule has 2 aromatic rings. The molecule has 0 radical (unpaired) electrons. The lowest BCUT2D eigenvalue weighted by Gasteiger charge is -2.21. The summed E-state index contributed by atoms with van der Waals surface area (Å²) in [6.07, 6.45) is 3.54. The minimum absolute atomic E-state index is 0.568. The molecule has 2 aliphatic rings. The maximum Gasteiger partial charge on any atom is 0.0705 e. The summed E-state index contributed by atoms with van der Waals surface area (Å²) in [5.74, 6) is 1.41. The number of hydrogen-bond donors (Lipinski definition) is 0. The monoisotopic (exact) mass is 310 g/mol. The van der Waals surface area contributed by atoms with E-state index in [4.69, 9.17) is 9.72 Å². The average molecular weight is 310 g/mol. The Morgan fingerprint density at radius 3 is 2.78 bits per heavy atom. The highest BCUT2D eigenvalue weighted by Crippen LogP contribution is 2.27. The molecule has 1 unspecified atom stereocenters. The molecule has 0 spiro atoms. The van der Waals surface area contributed by atoms with Gasteiger partial charge in [-0.15, -0.1) is 0 Å². The van der Waals surface area contributed by atoms with Gasteiger partial charge in [-0.05, 0) is 55.5 Å².